The van der Waals surface area contributed by atoms with E-state index >= 15 is 0 Å². The summed E-state index contributed by atoms with van der Waals surface area (Å²) in [5.41, 5.74) is 3.50. The van der Waals surface area contributed by atoms with Gasteiger partial charge in [0.15, 0.2) is 0 Å². The van der Waals surface area contributed by atoms with Gasteiger partial charge in [0.1, 0.15) is 0 Å². The molecule has 30 heavy (non-hydrogen) atoms. The number of carbonyl (C=O) groups excluding carboxylic acids is 1. The molecular weight excluding hydrogens is 398 g/mol. The number of hydrogen-bond acceptors (Lipinski definition) is 4. The molecule has 0 aromatic heterocycles. The average molecular weight is 430 g/mol. The zero-order valence-electron chi connectivity index (χ0n) is 18.0. The highest BCUT2D eigenvalue weighted by Crippen LogP contribution is 2.32. The Bertz CT molecular complexity index is 977. The van der Waals surface area contributed by atoms with E-state index in [4.69, 9.17) is 0 Å². The first-order valence-corrected chi connectivity index (χ1v) is 12.0. The average Bonchev–Trinajstić information content (AvgIpc) is 3.25. The molecule has 1 aliphatic heterocycles. The fraction of sp³-hybridized carbons (Fsp3) is 0.435. The van der Waals surface area contributed by atoms with Crippen LogP contribution >= 0.6 is 0 Å². The summed E-state index contributed by atoms with van der Waals surface area (Å²) >= 11 is 0. The van der Waals surface area contributed by atoms with E-state index in [0.717, 1.165) is 42.7 Å². The van der Waals surface area contributed by atoms with Gasteiger partial charge in [-0.15, -0.1) is 0 Å². The van der Waals surface area contributed by atoms with E-state index in [-0.39, 0.29) is 17.2 Å². The largest absolute Gasteiger partial charge is 0.370 e. The number of amides is 1. The normalized spacial score (nSPS) is 14.3. The van der Waals surface area contributed by atoms with E-state index in [1.165, 1.54) is 4.31 Å². The van der Waals surface area contributed by atoms with Gasteiger partial charge in [-0.1, -0.05) is 43.7 Å². The minimum Gasteiger partial charge on any atom is -0.370 e. The molecule has 1 aliphatic rings. The second-order valence-electron chi connectivity index (χ2n) is 7.67. The maximum atomic E-state index is 13.0. The first-order valence-electron chi connectivity index (χ1n) is 10.6. The third-order valence-electron chi connectivity index (χ3n) is 5.52. The van der Waals surface area contributed by atoms with E-state index in [0.29, 0.717) is 18.8 Å². The SMILES string of the molecule is CCN(CC)S(=O)(=O)c1ccc(N2CCCC2)c(NC(=O)Cc2ccc(C)cc2)c1. The monoisotopic (exact) mass is 429 g/mol. The molecular formula is C23H31N3O3S. The van der Waals surface area contributed by atoms with Crippen LogP contribution in [0.1, 0.15) is 37.8 Å². The van der Waals surface area contributed by atoms with Crippen LogP contribution in [0, 0.1) is 6.92 Å². The Balaban J connectivity index is 1.90. The molecule has 0 spiro atoms. The van der Waals surface area contributed by atoms with E-state index in [2.05, 4.69) is 10.2 Å². The number of aryl methyl sites for hydroxylation is 1. The van der Waals surface area contributed by atoms with Gasteiger partial charge in [0.2, 0.25) is 15.9 Å². The third kappa shape index (κ3) is 5.02. The van der Waals surface area contributed by atoms with Crippen molar-refractivity contribution in [1.29, 1.82) is 0 Å². The van der Waals surface area contributed by atoms with E-state index in [9.17, 15) is 13.2 Å². The molecule has 3 rings (SSSR count). The van der Waals surface area contributed by atoms with Crippen LogP contribution in [-0.2, 0) is 21.2 Å². The Hall–Kier alpha value is -2.38. The molecule has 162 valence electrons. The number of anilines is 2. The lowest BCUT2D eigenvalue weighted by Crippen LogP contribution is -2.31. The van der Waals surface area contributed by atoms with Crippen LogP contribution in [0.4, 0.5) is 11.4 Å². The smallest absolute Gasteiger partial charge is 0.243 e. The molecule has 7 heteroatoms. The van der Waals surface area contributed by atoms with Gasteiger partial charge in [0, 0.05) is 26.2 Å². The maximum Gasteiger partial charge on any atom is 0.243 e. The number of nitrogens with zero attached hydrogens (tertiary/aromatic N) is 2. The first-order chi connectivity index (χ1) is 14.3. The number of carbonyl (C=O) groups is 1. The fourth-order valence-electron chi connectivity index (χ4n) is 3.81. The number of rotatable bonds is 8. The van der Waals surface area contributed by atoms with Gasteiger partial charge in [-0.05, 0) is 43.5 Å². The predicted octanol–water partition coefficient (Wildman–Crippen LogP) is 3.81. The summed E-state index contributed by atoms with van der Waals surface area (Å²) in [7, 11) is -3.60. The highest BCUT2D eigenvalue weighted by molar-refractivity contribution is 7.89. The van der Waals surface area contributed by atoms with Crippen LogP contribution in [0.25, 0.3) is 0 Å². The Labute approximate surface area is 179 Å². The minimum atomic E-state index is -3.60. The predicted molar refractivity (Wildman–Crippen MR) is 122 cm³/mol. The van der Waals surface area contributed by atoms with Gasteiger partial charge >= 0.3 is 0 Å². The van der Waals surface area contributed by atoms with Crippen molar-refractivity contribution in [2.75, 3.05) is 36.4 Å². The van der Waals surface area contributed by atoms with Gasteiger partial charge in [0.25, 0.3) is 0 Å². The Morgan fingerprint density at radius 1 is 1.03 bits per heavy atom. The third-order valence-corrected chi connectivity index (χ3v) is 7.56. The van der Waals surface area contributed by atoms with Crippen LogP contribution in [0.15, 0.2) is 47.4 Å². The molecule has 2 aromatic rings. The van der Waals surface area contributed by atoms with Crippen LogP contribution in [0.5, 0.6) is 0 Å². The summed E-state index contributed by atoms with van der Waals surface area (Å²) in [4.78, 5) is 15.2. The van der Waals surface area contributed by atoms with Crippen LogP contribution in [-0.4, -0.2) is 44.8 Å². The molecule has 0 radical (unpaired) electrons. The second-order valence-corrected chi connectivity index (χ2v) is 9.61. The van der Waals surface area contributed by atoms with Gasteiger partial charge in [-0.2, -0.15) is 4.31 Å². The molecule has 1 N–H and O–H groups in total. The molecule has 2 aromatic carbocycles. The molecule has 1 amide bonds. The maximum absolute atomic E-state index is 13.0. The summed E-state index contributed by atoms with van der Waals surface area (Å²) < 4.78 is 27.4. The highest BCUT2D eigenvalue weighted by Gasteiger charge is 2.25. The molecule has 0 saturated carbocycles. The summed E-state index contributed by atoms with van der Waals surface area (Å²) in [6, 6.07) is 12.9. The zero-order chi connectivity index (χ0) is 21.7. The number of nitrogens with one attached hydrogen (secondary N) is 1. The summed E-state index contributed by atoms with van der Waals surface area (Å²) in [6.45, 7) is 8.28. The van der Waals surface area contributed by atoms with E-state index < -0.39 is 10.0 Å². The van der Waals surface area contributed by atoms with Crippen LogP contribution in [0.3, 0.4) is 0 Å². The number of sulfonamides is 1. The van der Waals surface area contributed by atoms with E-state index in [1.54, 1.807) is 12.1 Å². The van der Waals surface area contributed by atoms with Gasteiger partial charge in [-0.3, -0.25) is 4.79 Å². The minimum absolute atomic E-state index is 0.156. The standard InChI is InChI=1S/C23H31N3O3S/c1-4-26(5-2)30(28,29)20-12-13-22(25-14-6-7-15-25)21(17-20)24-23(27)16-19-10-8-18(3)9-11-19/h8-13,17H,4-7,14-16H2,1-3H3,(H,24,27). The van der Waals surface area contributed by atoms with E-state index in [1.807, 2.05) is 51.1 Å². The fourth-order valence-corrected chi connectivity index (χ4v) is 5.29. The summed E-state index contributed by atoms with van der Waals surface area (Å²) in [5.74, 6) is -0.156. The summed E-state index contributed by atoms with van der Waals surface area (Å²) in [5, 5.41) is 2.97. The van der Waals surface area contributed by atoms with Crippen molar-refractivity contribution in [1.82, 2.24) is 4.31 Å². The van der Waals surface area contributed by atoms with Crippen molar-refractivity contribution >= 4 is 27.3 Å². The van der Waals surface area contributed by atoms with Crippen molar-refractivity contribution in [2.45, 2.75) is 44.9 Å². The Kier molecular flexibility index (Phi) is 7.15. The number of hydrogen-bond donors (Lipinski definition) is 1. The van der Waals surface area contributed by atoms with Gasteiger partial charge < -0.3 is 10.2 Å². The molecule has 0 atom stereocenters. The second kappa shape index (κ2) is 9.62. The zero-order valence-corrected chi connectivity index (χ0v) is 18.8. The Morgan fingerprint density at radius 2 is 1.67 bits per heavy atom. The van der Waals surface area contributed by atoms with Crippen molar-refractivity contribution < 1.29 is 13.2 Å². The van der Waals surface area contributed by atoms with Gasteiger partial charge in [-0.25, -0.2) is 8.42 Å². The van der Waals surface area contributed by atoms with Crippen LogP contribution in [0.2, 0.25) is 0 Å². The molecule has 6 nitrogen and oxygen atoms in total. The molecule has 1 heterocycles. The molecule has 1 fully saturated rings. The summed E-state index contributed by atoms with van der Waals surface area (Å²) in [6.07, 6.45) is 2.43. The lowest BCUT2D eigenvalue weighted by Gasteiger charge is -2.24. The lowest BCUT2D eigenvalue weighted by atomic mass is 10.1. The number of benzene rings is 2. The van der Waals surface area contributed by atoms with Crippen LogP contribution < -0.4 is 10.2 Å². The highest BCUT2D eigenvalue weighted by atomic mass is 32.2. The lowest BCUT2D eigenvalue weighted by molar-refractivity contribution is -0.115. The Morgan fingerprint density at radius 3 is 2.27 bits per heavy atom. The van der Waals surface area contributed by atoms with Crippen molar-refractivity contribution in [2.24, 2.45) is 0 Å². The van der Waals surface area contributed by atoms with Crippen molar-refractivity contribution in [3.8, 4) is 0 Å². The quantitative estimate of drug-likeness (QED) is 0.693. The van der Waals surface area contributed by atoms with Crippen molar-refractivity contribution in [3.63, 3.8) is 0 Å². The topological polar surface area (TPSA) is 69.7 Å². The van der Waals surface area contributed by atoms with Crippen molar-refractivity contribution in [3.05, 3.63) is 53.6 Å². The molecule has 0 bridgehead atoms. The molecule has 0 aliphatic carbocycles. The molecule has 0 unspecified atom stereocenters. The molecule has 1 saturated heterocycles. The van der Waals surface area contributed by atoms with Gasteiger partial charge in [0.05, 0.1) is 22.7 Å². The first kappa shape index (κ1) is 22.3.